The van der Waals surface area contributed by atoms with Crippen molar-refractivity contribution in [3.05, 3.63) is 4.88 Å². The van der Waals surface area contributed by atoms with E-state index in [1.807, 2.05) is 0 Å². The molecule has 0 N–H and O–H groups in total. The van der Waals surface area contributed by atoms with Crippen LogP contribution in [0.5, 0.6) is 5.88 Å². The summed E-state index contributed by atoms with van der Waals surface area (Å²) in [7, 11) is 4.39. The number of hydrogen-bond donors (Lipinski definition) is 0. The lowest BCUT2D eigenvalue weighted by Gasteiger charge is -2.05. The van der Waals surface area contributed by atoms with E-state index in [0.717, 1.165) is 0 Å². The van der Waals surface area contributed by atoms with Crippen molar-refractivity contribution in [1.29, 1.82) is 0 Å². The zero-order chi connectivity index (χ0) is 12.5. The number of hydrogen-bond acceptors (Lipinski definition) is 5. The fourth-order valence-corrected chi connectivity index (χ4v) is 1.82. The fraction of sp³-hybridized carbons (Fsp3) is 0.500. The Labute approximate surface area is 93.6 Å². The van der Waals surface area contributed by atoms with Gasteiger partial charge in [0.15, 0.2) is 5.13 Å². The van der Waals surface area contributed by atoms with Crippen LogP contribution in [0.15, 0.2) is 0 Å². The molecule has 0 aliphatic rings. The molecular weight excluding hydrogens is 245 g/mol. The smallest absolute Gasteiger partial charge is 0.455 e. The summed E-state index contributed by atoms with van der Waals surface area (Å²) in [4.78, 5) is 15.8. The van der Waals surface area contributed by atoms with Gasteiger partial charge >= 0.3 is 6.18 Å². The number of aromatic nitrogens is 1. The summed E-state index contributed by atoms with van der Waals surface area (Å²) in [5.41, 5.74) is 0. The fourth-order valence-electron chi connectivity index (χ4n) is 0.897. The number of ether oxygens (including phenoxy) is 1. The number of methoxy groups -OCH3 is 1. The van der Waals surface area contributed by atoms with Crippen molar-refractivity contribution in [1.82, 2.24) is 4.98 Å². The first-order valence-electron chi connectivity index (χ1n) is 4.11. The summed E-state index contributed by atoms with van der Waals surface area (Å²) in [5, 5.41) is 0.282. The van der Waals surface area contributed by atoms with Gasteiger partial charge in [0, 0.05) is 14.1 Å². The highest BCUT2D eigenvalue weighted by Gasteiger charge is 2.42. The first-order chi connectivity index (χ1) is 7.27. The molecule has 0 unspecified atom stereocenters. The van der Waals surface area contributed by atoms with Crippen LogP contribution in [0.1, 0.15) is 9.67 Å². The Kier molecular flexibility index (Phi) is 3.41. The number of carbonyl (C=O) groups excluding carboxylic acids is 1. The molecule has 8 heteroatoms. The molecule has 4 nitrogen and oxygen atoms in total. The quantitative estimate of drug-likeness (QED) is 0.773. The summed E-state index contributed by atoms with van der Waals surface area (Å²) in [5.74, 6) is -2.23. The van der Waals surface area contributed by atoms with Gasteiger partial charge in [-0.3, -0.25) is 4.79 Å². The predicted octanol–water partition coefficient (Wildman–Crippen LogP) is 1.96. The van der Waals surface area contributed by atoms with Crippen LogP contribution in [0.4, 0.5) is 18.3 Å². The van der Waals surface area contributed by atoms with Gasteiger partial charge in [-0.25, -0.2) is 0 Å². The average Bonchev–Trinajstić information content (AvgIpc) is 2.58. The second kappa shape index (κ2) is 4.28. The van der Waals surface area contributed by atoms with Gasteiger partial charge < -0.3 is 9.64 Å². The number of anilines is 1. The van der Waals surface area contributed by atoms with Crippen LogP contribution in [0.3, 0.4) is 0 Å². The largest absolute Gasteiger partial charge is 0.480 e. The summed E-state index contributed by atoms with van der Waals surface area (Å²) in [6.45, 7) is 0. The Balaban J connectivity index is 3.18. The number of halogens is 3. The van der Waals surface area contributed by atoms with E-state index in [1.165, 1.54) is 12.0 Å². The van der Waals surface area contributed by atoms with Crippen molar-refractivity contribution >= 4 is 22.3 Å². The molecule has 0 aliphatic carbocycles. The number of carbonyl (C=O) groups is 1. The van der Waals surface area contributed by atoms with Crippen LogP contribution in [0.25, 0.3) is 0 Å². The van der Waals surface area contributed by atoms with Crippen LogP contribution in [0.2, 0.25) is 0 Å². The molecule has 90 valence electrons. The highest BCUT2D eigenvalue weighted by molar-refractivity contribution is 7.17. The van der Waals surface area contributed by atoms with E-state index < -0.39 is 16.8 Å². The Hall–Kier alpha value is -1.31. The Morgan fingerprint density at radius 3 is 2.38 bits per heavy atom. The zero-order valence-corrected chi connectivity index (χ0v) is 9.57. The minimum Gasteiger partial charge on any atom is -0.480 e. The third-order valence-corrected chi connectivity index (χ3v) is 2.83. The monoisotopic (exact) mass is 254 g/mol. The predicted molar refractivity (Wildman–Crippen MR) is 53.4 cm³/mol. The maximum atomic E-state index is 12.2. The zero-order valence-electron chi connectivity index (χ0n) is 8.75. The number of thiazole rings is 1. The minimum atomic E-state index is -4.91. The van der Waals surface area contributed by atoms with Gasteiger partial charge in [-0.1, -0.05) is 11.3 Å². The molecule has 0 spiro atoms. The van der Waals surface area contributed by atoms with Gasteiger partial charge in [-0.15, -0.1) is 0 Å². The van der Waals surface area contributed by atoms with Crippen molar-refractivity contribution in [2.75, 3.05) is 26.1 Å². The molecule has 1 heterocycles. The number of Topliss-reactive ketones (excluding diaryl/α,β-unsaturated/α-hetero) is 1. The third-order valence-electron chi connectivity index (χ3n) is 1.62. The summed E-state index contributed by atoms with van der Waals surface area (Å²) < 4.78 is 41.3. The number of rotatable bonds is 3. The van der Waals surface area contributed by atoms with Crippen molar-refractivity contribution in [2.45, 2.75) is 6.18 Å². The van der Waals surface area contributed by atoms with E-state index in [0.29, 0.717) is 11.3 Å². The number of ketones is 1. The van der Waals surface area contributed by atoms with Crippen molar-refractivity contribution < 1.29 is 22.7 Å². The van der Waals surface area contributed by atoms with Crippen molar-refractivity contribution in [2.24, 2.45) is 0 Å². The van der Waals surface area contributed by atoms with E-state index in [-0.39, 0.29) is 11.0 Å². The van der Waals surface area contributed by atoms with Crippen LogP contribution >= 0.6 is 11.3 Å². The summed E-state index contributed by atoms with van der Waals surface area (Å²) >= 11 is 0.647. The first-order valence-corrected chi connectivity index (χ1v) is 4.92. The third kappa shape index (κ3) is 2.43. The molecule has 0 aromatic carbocycles. The minimum absolute atomic E-state index is 0.282. The first kappa shape index (κ1) is 12.8. The molecule has 0 fully saturated rings. The molecule has 16 heavy (non-hydrogen) atoms. The molecule has 0 amide bonds. The molecule has 1 rings (SSSR count). The molecule has 0 atom stereocenters. The van der Waals surface area contributed by atoms with Crippen LogP contribution in [-0.2, 0) is 0 Å². The normalized spacial score (nSPS) is 11.4. The second-order valence-corrected chi connectivity index (χ2v) is 4.03. The highest BCUT2D eigenvalue weighted by Crippen LogP contribution is 2.35. The Bertz CT molecular complexity index is 400. The Morgan fingerprint density at radius 1 is 1.44 bits per heavy atom. The number of alkyl halides is 3. The van der Waals surface area contributed by atoms with Gasteiger partial charge in [0.05, 0.1) is 7.11 Å². The molecule has 0 radical (unpaired) electrons. The molecule has 0 aliphatic heterocycles. The van der Waals surface area contributed by atoms with E-state index in [2.05, 4.69) is 9.72 Å². The lowest BCUT2D eigenvalue weighted by atomic mass is 10.3. The van der Waals surface area contributed by atoms with E-state index in [1.54, 1.807) is 14.1 Å². The van der Waals surface area contributed by atoms with Crippen molar-refractivity contribution in [3.8, 4) is 5.88 Å². The maximum Gasteiger partial charge on any atom is 0.455 e. The lowest BCUT2D eigenvalue weighted by Crippen LogP contribution is -2.22. The van der Waals surface area contributed by atoms with Crippen LogP contribution in [0, 0.1) is 0 Å². The van der Waals surface area contributed by atoms with Gasteiger partial charge in [0.1, 0.15) is 4.88 Å². The Morgan fingerprint density at radius 2 is 2.00 bits per heavy atom. The maximum absolute atomic E-state index is 12.2. The van der Waals surface area contributed by atoms with Crippen molar-refractivity contribution in [3.63, 3.8) is 0 Å². The van der Waals surface area contributed by atoms with Gasteiger partial charge in [-0.05, 0) is 0 Å². The highest BCUT2D eigenvalue weighted by atomic mass is 32.1. The lowest BCUT2D eigenvalue weighted by molar-refractivity contribution is -0.0883. The van der Waals surface area contributed by atoms with Gasteiger partial charge in [0.2, 0.25) is 5.88 Å². The summed E-state index contributed by atoms with van der Waals surface area (Å²) in [6.07, 6.45) is -4.91. The summed E-state index contributed by atoms with van der Waals surface area (Å²) in [6, 6.07) is 0. The molecular formula is C8H9F3N2O2S. The van der Waals surface area contributed by atoms with Crippen LogP contribution in [-0.4, -0.2) is 38.1 Å². The topological polar surface area (TPSA) is 42.4 Å². The molecule has 1 aromatic rings. The van der Waals surface area contributed by atoms with E-state index in [9.17, 15) is 18.0 Å². The van der Waals surface area contributed by atoms with Gasteiger partial charge in [-0.2, -0.15) is 18.2 Å². The average molecular weight is 254 g/mol. The standard InChI is InChI=1S/C8H9F3N2O2S/c1-13(2)7-12-6(15-3)4(16-7)5(14)8(9,10)11/h1-3H3. The van der Waals surface area contributed by atoms with E-state index in [4.69, 9.17) is 0 Å². The number of nitrogens with zero attached hydrogens (tertiary/aromatic N) is 2. The van der Waals surface area contributed by atoms with Crippen LogP contribution < -0.4 is 9.64 Å². The molecule has 0 saturated carbocycles. The van der Waals surface area contributed by atoms with Gasteiger partial charge in [0.25, 0.3) is 5.78 Å². The SMILES string of the molecule is COc1nc(N(C)C)sc1C(=O)C(F)(F)F. The second-order valence-electron chi connectivity index (χ2n) is 3.06. The molecule has 1 aromatic heterocycles. The molecule has 0 bridgehead atoms. The molecule has 0 saturated heterocycles. The van der Waals surface area contributed by atoms with E-state index >= 15 is 0 Å².